The molecule has 1 fully saturated rings. The minimum atomic E-state index is -4.83. The third-order valence-corrected chi connectivity index (χ3v) is 6.33. The van der Waals surface area contributed by atoms with Crippen LogP contribution in [-0.2, 0) is 11.0 Å². The van der Waals surface area contributed by atoms with Crippen molar-refractivity contribution >= 4 is 23.5 Å². The second-order valence-corrected chi connectivity index (χ2v) is 9.63. The largest absolute Gasteiger partial charge is 0.478 e. The second-order valence-electron chi connectivity index (χ2n) is 9.63. The summed E-state index contributed by atoms with van der Waals surface area (Å²) < 4.78 is 46.8. The summed E-state index contributed by atoms with van der Waals surface area (Å²) in [5.41, 5.74) is -1.44. The maximum Gasteiger partial charge on any atom is 0.420 e. The summed E-state index contributed by atoms with van der Waals surface area (Å²) in [7, 11) is 2.85. The number of hydrogen-bond acceptors (Lipinski definition) is 4. The molecule has 0 radical (unpaired) electrons. The molecule has 0 atom stereocenters. The Morgan fingerprint density at radius 3 is 2.19 bits per heavy atom. The first-order valence-corrected chi connectivity index (χ1v) is 12.1. The monoisotopic (exact) mass is 520 g/mol. The molecule has 1 aliphatic rings. The van der Waals surface area contributed by atoms with Gasteiger partial charge in [-0.15, -0.1) is 0 Å². The Hall–Kier alpha value is -3.56. The SMILES string of the molecule is CC(C)N(C(=O)C1CCCCC1)c1ccc(Oc2ccc(C(=O)N(C)C)cc2C(F)(F)F)cc1C(=O)O. The molecule has 37 heavy (non-hydrogen) atoms. The van der Waals surface area contributed by atoms with Crippen LogP contribution in [0.3, 0.4) is 0 Å². The third-order valence-electron chi connectivity index (χ3n) is 6.33. The molecule has 0 saturated heterocycles. The Morgan fingerprint density at radius 2 is 1.65 bits per heavy atom. The van der Waals surface area contributed by atoms with Crippen molar-refractivity contribution in [3.8, 4) is 11.5 Å². The Morgan fingerprint density at radius 1 is 1.00 bits per heavy atom. The predicted octanol–water partition coefficient (Wildman–Crippen LogP) is 6.22. The van der Waals surface area contributed by atoms with Crippen molar-refractivity contribution in [1.29, 1.82) is 0 Å². The van der Waals surface area contributed by atoms with E-state index in [0.717, 1.165) is 49.1 Å². The molecule has 0 unspecified atom stereocenters. The molecule has 0 heterocycles. The fraction of sp³-hybridized carbons (Fsp3) is 0.444. The van der Waals surface area contributed by atoms with Gasteiger partial charge in [-0.25, -0.2) is 4.79 Å². The topological polar surface area (TPSA) is 87.2 Å². The van der Waals surface area contributed by atoms with Crippen LogP contribution in [0, 0.1) is 5.92 Å². The van der Waals surface area contributed by atoms with E-state index in [-0.39, 0.29) is 40.4 Å². The highest BCUT2D eigenvalue weighted by atomic mass is 19.4. The van der Waals surface area contributed by atoms with Crippen molar-refractivity contribution in [2.45, 2.75) is 58.2 Å². The number of carbonyl (C=O) groups is 3. The van der Waals surface area contributed by atoms with E-state index in [2.05, 4.69) is 0 Å². The van der Waals surface area contributed by atoms with Crippen molar-refractivity contribution < 1.29 is 37.4 Å². The molecule has 2 aromatic rings. The average molecular weight is 521 g/mol. The molecular weight excluding hydrogens is 489 g/mol. The standard InChI is InChI=1S/C27H31F3N2O5/c1-16(2)32(25(34)17-8-6-5-7-9-17)22-12-11-19(15-20(22)26(35)36)37-23-13-10-18(24(33)31(3)4)14-21(23)27(28,29)30/h10-17H,5-9H2,1-4H3,(H,35,36). The smallest absolute Gasteiger partial charge is 0.420 e. The minimum absolute atomic E-state index is 0.146. The van der Waals surface area contributed by atoms with Gasteiger partial charge in [0.2, 0.25) is 5.91 Å². The molecule has 0 aromatic heterocycles. The number of rotatable bonds is 7. The highest BCUT2D eigenvalue weighted by Crippen LogP contribution is 2.40. The van der Waals surface area contributed by atoms with Gasteiger partial charge < -0.3 is 19.6 Å². The van der Waals surface area contributed by atoms with E-state index in [4.69, 9.17) is 4.74 Å². The average Bonchev–Trinajstić information content (AvgIpc) is 2.84. The summed E-state index contributed by atoms with van der Waals surface area (Å²) in [5, 5.41) is 9.90. The zero-order chi connectivity index (χ0) is 27.5. The fourth-order valence-electron chi connectivity index (χ4n) is 4.52. The number of carboxylic acids is 1. The van der Waals surface area contributed by atoms with Gasteiger partial charge in [-0.2, -0.15) is 13.2 Å². The predicted molar refractivity (Wildman–Crippen MR) is 132 cm³/mol. The highest BCUT2D eigenvalue weighted by molar-refractivity contribution is 6.03. The second kappa shape index (κ2) is 11.2. The van der Waals surface area contributed by atoms with Crippen LogP contribution < -0.4 is 9.64 Å². The first-order chi connectivity index (χ1) is 17.3. The summed E-state index contributed by atoms with van der Waals surface area (Å²) in [6.45, 7) is 3.56. The zero-order valence-corrected chi connectivity index (χ0v) is 21.3. The van der Waals surface area contributed by atoms with Gasteiger partial charge >= 0.3 is 12.1 Å². The number of nitrogens with zero attached hydrogens (tertiary/aromatic N) is 2. The lowest BCUT2D eigenvalue weighted by molar-refractivity contribution is -0.138. The molecule has 0 aliphatic heterocycles. The molecule has 2 amide bonds. The molecule has 0 bridgehead atoms. The number of anilines is 1. The number of benzene rings is 2. The number of halogens is 3. The van der Waals surface area contributed by atoms with Gasteiger partial charge in [-0.3, -0.25) is 9.59 Å². The van der Waals surface area contributed by atoms with Crippen LogP contribution in [0.25, 0.3) is 0 Å². The maximum absolute atomic E-state index is 13.8. The van der Waals surface area contributed by atoms with E-state index < -0.39 is 29.4 Å². The number of aromatic carboxylic acids is 1. The third kappa shape index (κ3) is 6.42. The molecule has 1 N–H and O–H groups in total. The normalized spacial score (nSPS) is 14.4. The van der Waals surface area contributed by atoms with Gasteiger partial charge in [-0.1, -0.05) is 19.3 Å². The van der Waals surface area contributed by atoms with Gasteiger partial charge in [-0.05, 0) is 63.1 Å². The van der Waals surface area contributed by atoms with Gasteiger partial charge in [0.25, 0.3) is 5.91 Å². The fourth-order valence-corrected chi connectivity index (χ4v) is 4.52. The van der Waals surface area contributed by atoms with Crippen LogP contribution in [0.1, 0.15) is 72.2 Å². The summed E-state index contributed by atoms with van der Waals surface area (Å²) in [6.07, 6.45) is -0.435. The maximum atomic E-state index is 13.8. The number of carbonyl (C=O) groups excluding carboxylic acids is 2. The van der Waals surface area contributed by atoms with Crippen LogP contribution in [0.5, 0.6) is 11.5 Å². The molecule has 2 aromatic carbocycles. The number of hydrogen-bond donors (Lipinski definition) is 1. The van der Waals surface area contributed by atoms with E-state index in [1.807, 2.05) is 0 Å². The molecular formula is C27H31F3N2O5. The number of amides is 2. The lowest BCUT2D eigenvalue weighted by Crippen LogP contribution is -2.42. The number of ether oxygens (including phenoxy) is 1. The van der Waals surface area contributed by atoms with Gasteiger partial charge in [0.1, 0.15) is 11.5 Å². The van der Waals surface area contributed by atoms with Crippen LogP contribution >= 0.6 is 0 Å². The summed E-state index contributed by atoms with van der Waals surface area (Å²) in [4.78, 5) is 40.2. The molecule has 200 valence electrons. The molecule has 7 nitrogen and oxygen atoms in total. The van der Waals surface area contributed by atoms with Crippen molar-refractivity contribution in [2.75, 3.05) is 19.0 Å². The summed E-state index contributed by atoms with van der Waals surface area (Å²) >= 11 is 0. The van der Waals surface area contributed by atoms with Crippen molar-refractivity contribution in [1.82, 2.24) is 4.90 Å². The van der Waals surface area contributed by atoms with Crippen molar-refractivity contribution in [3.05, 3.63) is 53.1 Å². The van der Waals surface area contributed by atoms with Gasteiger partial charge in [0.05, 0.1) is 16.8 Å². The Labute approximate surface area is 213 Å². The van der Waals surface area contributed by atoms with E-state index in [1.165, 1.54) is 37.2 Å². The summed E-state index contributed by atoms with van der Waals surface area (Å²) in [6, 6.07) is 6.44. The molecule has 0 spiro atoms. The Balaban J connectivity index is 2.00. The van der Waals surface area contributed by atoms with Crippen LogP contribution in [0.2, 0.25) is 0 Å². The van der Waals surface area contributed by atoms with Crippen LogP contribution in [0.15, 0.2) is 36.4 Å². The van der Waals surface area contributed by atoms with E-state index >= 15 is 0 Å². The lowest BCUT2D eigenvalue weighted by atomic mass is 9.87. The van der Waals surface area contributed by atoms with E-state index in [1.54, 1.807) is 13.8 Å². The number of carboxylic acid groups (broad SMARTS) is 1. The van der Waals surface area contributed by atoms with E-state index in [0.29, 0.717) is 6.07 Å². The van der Waals surface area contributed by atoms with Crippen molar-refractivity contribution in [2.24, 2.45) is 5.92 Å². The Kier molecular flexibility index (Phi) is 8.50. The zero-order valence-electron chi connectivity index (χ0n) is 21.3. The summed E-state index contributed by atoms with van der Waals surface area (Å²) in [5.74, 6) is -3.03. The first kappa shape index (κ1) is 28.0. The highest BCUT2D eigenvalue weighted by Gasteiger charge is 2.36. The minimum Gasteiger partial charge on any atom is -0.478 e. The molecule has 3 rings (SSSR count). The van der Waals surface area contributed by atoms with Crippen LogP contribution in [0.4, 0.5) is 18.9 Å². The first-order valence-electron chi connectivity index (χ1n) is 12.1. The van der Waals surface area contributed by atoms with Gasteiger partial charge in [0, 0.05) is 31.6 Å². The molecule has 10 heteroatoms. The van der Waals surface area contributed by atoms with Gasteiger partial charge in [0.15, 0.2) is 0 Å². The Bertz CT molecular complexity index is 1170. The molecule has 1 saturated carbocycles. The quantitative estimate of drug-likeness (QED) is 0.468. The van der Waals surface area contributed by atoms with Crippen molar-refractivity contribution in [3.63, 3.8) is 0 Å². The molecule has 1 aliphatic carbocycles. The number of alkyl halides is 3. The lowest BCUT2D eigenvalue weighted by Gasteiger charge is -2.33. The van der Waals surface area contributed by atoms with E-state index in [9.17, 15) is 32.7 Å². The van der Waals surface area contributed by atoms with Crippen LogP contribution in [-0.4, -0.2) is 47.9 Å².